The number of rotatable bonds is 6. The summed E-state index contributed by atoms with van der Waals surface area (Å²) in [6.07, 6.45) is 4.14. The molecule has 1 heterocycles. The van der Waals surface area contributed by atoms with E-state index >= 15 is 0 Å². The lowest BCUT2D eigenvalue weighted by Crippen LogP contribution is -2.30. The van der Waals surface area contributed by atoms with E-state index in [0.29, 0.717) is 0 Å². The molecule has 1 fully saturated rings. The number of hydrogen-bond acceptors (Lipinski definition) is 2. The molecule has 17 heavy (non-hydrogen) atoms. The van der Waals surface area contributed by atoms with E-state index in [9.17, 15) is 0 Å². The molecule has 0 amide bonds. The number of nitrogens with zero attached hydrogens (tertiary/aromatic N) is 1. The first-order valence-corrected chi connectivity index (χ1v) is 7.23. The first-order valence-electron chi connectivity index (χ1n) is 7.23. The van der Waals surface area contributed by atoms with Crippen molar-refractivity contribution >= 4 is 0 Å². The molecular formula is C15H30N2. The molecule has 1 rings (SSSR count). The van der Waals surface area contributed by atoms with Gasteiger partial charge in [-0.1, -0.05) is 27.4 Å². The van der Waals surface area contributed by atoms with E-state index in [4.69, 9.17) is 0 Å². The van der Waals surface area contributed by atoms with E-state index in [1.807, 2.05) is 0 Å². The first-order chi connectivity index (χ1) is 8.13. The molecule has 1 unspecified atom stereocenters. The van der Waals surface area contributed by atoms with Crippen LogP contribution in [-0.2, 0) is 0 Å². The summed E-state index contributed by atoms with van der Waals surface area (Å²) in [7, 11) is 0. The SMILES string of the molecule is C=C(CNCC)CN1CCCC(C(C)C)CC1. The van der Waals surface area contributed by atoms with Gasteiger partial charge >= 0.3 is 0 Å². The van der Waals surface area contributed by atoms with Crippen LogP contribution in [0.25, 0.3) is 0 Å². The van der Waals surface area contributed by atoms with Crippen LogP contribution in [0.15, 0.2) is 12.2 Å². The van der Waals surface area contributed by atoms with Crippen molar-refractivity contribution in [1.29, 1.82) is 0 Å². The fourth-order valence-electron chi connectivity index (χ4n) is 2.68. The number of hydrogen-bond donors (Lipinski definition) is 1. The lowest BCUT2D eigenvalue weighted by atomic mass is 9.89. The van der Waals surface area contributed by atoms with E-state index < -0.39 is 0 Å². The zero-order valence-electron chi connectivity index (χ0n) is 12.0. The first kappa shape index (κ1) is 14.7. The molecule has 100 valence electrons. The van der Waals surface area contributed by atoms with E-state index in [2.05, 4.69) is 37.6 Å². The molecule has 0 aromatic carbocycles. The van der Waals surface area contributed by atoms with Crippen molar-refractivity contribution in [3.05, 3.63) is 12.2 Å². The Hall–Kier alpha value is -0.340. The molecule has 1 aliphatic rings. The second-order valence-electron chi connectivity index (χ2n) is 5.74. The van der Waals surface area contributed by atoms with Gasteiger partial charge in [0.1, 0.15) is 0 Å². The average molecular weight is 238 g/mol. The molecule has 0 bridgehead atoms. The highest BCUT2D eigenvalue weighted by molar-refractivity contribution is 5.00. The number of likely N-dealkylation sites (N-methyl/N-ethyl adjacent to an activating group) is 1. The van der Waals surface area contributed by atoms with Crippen molar-refractivity contribution in [3.8, 4) is 0 Å². The van der Waals surface area contributed by atoms with Gasteiger partial charge in [0.25, 0.3) is 0 Å². The predicted octanol–water partition coefficient (Wildman–Crippen LogP) is 2.91. The number of likely N-dealkylation sites (tertiary alicyclic amines) is 1. The molecule has 1 aliphatic heterocycles. The molecule has 1 saturated heterocycles. The summed E-state index contributed by atoms with van der Waals surface area (Å²) in [6, 6.07) is 0. The molecule has 1 atom stereocenters. The fraction of sp³-hybridized carbons (Fsp3) is 0.867. The van der Waals surface area contributed by atoms with E-state index in [-0.39, 0.29) is 0 Å². The van der Waals surface area contributed by atoms with Gasteiger partial charge in [-0.25, -0.2) is 0 Å². The Kier molecular flexibility index (Phi) is 6.83. The van der Waals surface area contributed by atoms with Gasteiger partial charge in [-0.2, -0.15) is 0 Å². The van der Waals surface area contributed by atoms with Crippen LogP contribution in [0.1, 0.15) is 40.0 Å². The largest absolute Gasteiger partial charge is 0.313 e. The highest BCUT2D eigenvalue weighted by Gasteiger charge is 2.19. The van der Waals surface area contributed by atoms with Gasteiger partial charge in [0, 0.05) is 13.1 Å². The predicted molar refractivity (Wildman–Crippen MR) is 76.3 cm³/mol. The topological polar surface area (TPSA) is 15.3 Å². The van der Waals surface area contributed by atoms with Crippen LogP contribution in [0, 0.1) is 11.8 Å². The Morgan fingerprint density at radius 2 is 2.12 bits per heavy atom. The summed E-state index contributed by atoms with van der Waals surface area (Å²) in [5, 5.41) is 3.35. The van der Waals surface area contributed by atoms with Crippen molar-refractivity contribution in [1.82, 2.24) is 10.2 Å². The van der Waals surface area contributed by atoms with Gasteiger partial charge in [-0.3, -0.25) is 4.90 Å². The standard InChI is InChI=1S/C15H30N2/c1-5-16-11-14(4)12-17-9-6-7-15(8-10-17)13(2)3/h13,15-16H,4-12H2,1-3H3. The van der Waals surface area contributed by atoms with Crippen molar-refractivity contribution in [3.63, 3.8) is 0 Å². The summed E-state index contributed by atoms with van der Waals surface area (Å²) in [6.45, 7) is 16.6. The highest BCUT2D eigenvalue weighted by Crippen LogP contribution is 2.24. The Balaban J connectivity index is 2.28. The third kappa shape index (κ3) is 5.69. The normalized spacial score (nSPS) is 22.7. The highest BCUT2D eigenvalue weighted by atomic mass is 15.1. The van der Waals surface area contributed by atoms with E-state index in [1.54, 1.807) is 0 Å². The lowest BCUT2D eigenvalue weighted by Gasteiger charge is -2.22. The van der Waals surface area contributed by atoms with Crippen LogP contribution in [0.5, 0.6) is 0 Å². The molecule has 0 aromatic heterocycles. The zero-order chi connectivity index (χ0) is 12.7. The second kappa shape index (κ2) is 7.88. The van der Waals surface area contributed by atoms with Crippen molar-refractivity contribution < 1.29 is 0 Å². The summed E-state index contributed by atoms with van der Waals surface area (Å²) < 4.78 is 0. The molecule has 2 nitrogen and oxygen atoms in total. The van der Waals surface area contributed by atoms with Gasteiger partial charge in [0.2, 0.25) is 0 Å². The molecule has 2 heteroatoms. The Bertz CT molecular complexity index is 223. The molecule has 0 aliphatic carbocycles. The Morgan fingerprint density at radius 1 is 1.35 bits per heavy atom. The van der Waals surface area contributed by atoms with Crippen molar-refractivity contribution in [2.75, 3.05) is 32.7 Å². The molecule has 0 radical (unpaired) electrons. The minimum Gasteiger partial charge on any atom is -0.313 e. The average Bonchev–Trinajstić information content (AvgIpc) is 2.52. The molecule has 0 spiro atoms. The number of nitrogens with one attached hydrogen (secondary N) is 1. The monoisotopic (exact) mass is 238 g/mol. The quantitative estimate of drug-likeness (QED) is 0.716. The summed E-state index contributed by atoms with van der Waals surface area (Å²) in [5.74, 6) is 1.78. The molecule has 0 saturated carbocycles. The molecular weight excluding hydrogens is 208 g/mol. The third-order valence-electron chi connectivity index (χ3n) is 3.88. The lowest BCUT2D eigenvalue weighted by molar-refractivity contribution is 0.289. The summed E-state index contributed by atoms with van der Waals surface area (Å²) in [4.78, 5) is 2.59. The summed E-state index contributed by atoms with van der Waals surface area (Å²) >= 11 is 0. The van der Waals surface area contributed by atoms with Crippen molar-refractivity contribution in [2.24, 2.45) is 11.8 Å². The Labute approximate surface area is 107 Å². The van der Waals surface area contributed by atoms with Crippen molar-refractivity contribution in [2.45, 2.75) is 40.0 Å². The maximum Gasteiger partial charge on any atom is 0.0202 e. The zero-order valence-corrected chi connectivity index (χ0v) is 12.0. The van der Waals surface area contributed by atoms with Gasteiger partial charge < -0.3 is 5.32 Å². The third-order valence-corrected chi connectivity index (χ3v) is 3.88. The van der Waals surface area contributed by atoms with Crippen LogP contribution in [0.4, 0.5) is 0 Å². The van der Waals surface area contributed by atoms with Gasteiger partial charge in [0.05, 0.1) is 0 Å². The minimum absolute atomic E-state index is 0.847. The maximum absolute atomic E-state index is 4.17. The van der Waals surface area contributed by atoms with Crippen LogP contribution < -0.4 is 5.32 Å². The summed E-state index contributed by atoms with van der Waals surface area (Å²) in [5.41, 5.74) is 1.33. The van der Waals surface area contributed by atoms with E-state index in [0.717, 1.165) is 31.5 Å². The van der Waals surface area contributed by atoms with Gasteiger partial charge in [0.15, 0.2) is 0 Å². The minimum atomic E-state index is 0.847. The van der Waals surface area contributed by atoms with Crippen LogP contribution >= 0.6 is 0 Å². The smallest absolute Gasteiger partial charge is 0.0202 e. The van der Waals surface area contributed by atoms with Gasteiger partial charge in [-0.15, -0.1) is 0 Å². The Morgan fingerprint density at radius 3 is 2.76 bits per heavy atom. The van der Waals surface area contributed by atoms with Crippen LogP contribution in [0.3, 0.4) is 0 Å². The molecule has 0 aromatic rings. The molecule has 1 N–H and O–H groups in total. The van der Waals surface area contributed by atoms with Crippen LogP contribution in [0.2, 0.25) is 0 Å². The fourth-order valence-corrected chi connectivity index (χ4v) is 2.68. The maximum atomic E-state index is 4.17. The van der Waals surface area contributed by atoms with E-state index in [1.165, 1.54) is 37.9 Å². The van der Waals surface area contributed by atoms with Gasteiger partial charge in [-0.05, 0) is 56.3 Å². The second-order valence-corrected chi connectivity index (χ2v) is 5.74. The van der Waals surface area contributed by atoms with Crippen LogP contribution in [-0.4, -0.2) is 37.6 Å².